The fraction of sp³-hybridized carbons (Fsp3) is 0.333. The number of alkyl halides is 3. The van der Waals surface area contributed by atoms with E-state index in [2.05, 4.69) is 10.5 Å². The Hall–Kier alpha value is -1.23. The minimum atomic E-state index is -4.60. The lowest BCUT2D eigenvalue weighted by Crippen LogP contribution is -2.16. The number of ether oxygens (including phenoxy) is 1. The topological polar surface area (TPSA) is 35.2 Å². The molecule has 0 aliphatic rings. The van der Waals surface area contributed by atoms with Gasteiger partial charge in [-0.2, -0.15) is 0 Å². The predicted octanol–water partition coefficient (Wildman–Crippen LogP) is 2.47. The Morgan fingerprint density at radius 1 is 1.07 bits per heavy atom. The van der Waals surface area contributed by atoms with Crippen LogP contribution in [0.15, 0.2) is 24.3 Å². The molecular weight excluding hydrogens is 195 g/mol. The van der Waals surface area contributed by atoms with E-state index in [4.69, 9.17) is 0 Å². The largest absolute Gasteiger partial charge is 0.573 e. The first-order valence-corrected chi connectivity index (χ1v) is 3.87. The second kappa shape index (κ2) is 5.49. The van der Waals surface area contributed by atoms with Crippen molar-refractivity contribution in [1.82, 2.24) is 0 Å². The highest BCUT2D eigenvalue weighted by Crippen LogP contribution is 2.22. The summed E-state index contributed by atoms with van der Waals surface area (Å²) in [6, 6.07) is 5.67. The highest BCUT2D eigenvalue weighted by atomic mass is 19.4. The van der Waals surface area contributed by atoms with Gasteiger partial charge in [-0.1, -0.05) is 17.7 Å². The van der Waals surface area contributed by atoms with Crippen molar-refractivity contribution < 1.29 is 17.9 Å². The molecule has 0 amide bonds. The second-order valence-corrected chi connectivity index (χ2v) is 2.36. The van der Waals surface area contributed by atoms with Crippen molar-refractivity contribution in [3.8, 4) is 5.75 Å². The molecule has 2 N–H and O–H groups in total. The van der Waals surface area contributed by atoms with Crippen molar-refractivity contribution in [3.05, 3.63) is 29.8 Å². The van der Waals surface area contributed by atoms with Gasteiger partial charge in [-0.3, -0.25) is 0 Å². The van der Waals surface area contributed by atoms with E-state index in [0.29, 0.717) is 0 Å². The fourth-order valence-electron chi connectivity index (χ4n) is 0.740. The number of hydrogen-bond donors (Lipinski definition) is 1. The molecule has 1 aromatic carbocycles. The van der Waals surface area contributed by atoms with Crippen molar-refractivity contribution >= 4 is 0 Å². The van der Waals surface area contributed by atoms with E-state index in [1.807, 2.05) is 0 Å². The van der Waals surface area contributed by atoms with E-state index in [0.717, 1.165) is 5.56 Å². The molecule has 0 aliphatic heterocycles. The van der Waals surface area contributed by atoms with Crippen LogP contribution in [-0.4, -0.2) is 13.4 Å². The number of hydrogen-bond acceptors (Lipinski definition) is 2. The molecule has 0 atom stereocenters. The van der Waals surface area contributed by atoms with Gasteiger partial charge in [-0.15, -0.1) is 13.2 Å². The van der Waals surface area contributed by atoms with Crippen LogP contribution in [0.2, 0.25) is 0 Å². The molecule has 0 spiro atoms. The van der Waals surface area contributed by atoms with Crippen LogP contribution in [0.3, 0.4) is 0 Å². The molecule has 5 heteroatoms. The first kappa shape index (κ1) is 12.8. The molecule has 0 bridgehead atoms. The highest BCUT2D eigenvalue weighted by Gasteiger charge is 2.30. The molecule has 0 fully saturated rings. The Bertz CT molecular complexity index is 256. The number of rotatable bonds is 1. The van der Waals surface area contributed by atoms with E-state index in [1.165, 1.54) is 19.2 Å². The summed E-state index contributed by atoms with van der Waals surface area (Å²) in [5, 5.41) is 0. The zero-order chi connectivity index (χ0) is 11.2. The average molecular weight is 207 g/mol. The zero-order valence-electron chi connectivity index (χ0n) is 7.93. The summed E-state index contributed by atoms with van der Waals surface area (Å²) in [5.74, 6) is -0.187. The molecule has 1 aromatic rings. The lowest BCUT2D eigenvalue weighted by atomic mass is 10.2. The molecule has 0 radical (unpaired) electrons. The van der Waals surface area contributed by atoms with Crippen LogP contribution in [-0.2, 0) is 0 Å². The Morgan fingerprint density at radius 3 is 1.86 bits per heavy atom. The summed E-state index contributed by atoms with van der Waals surface area (Å²) in [6.45, 7) is 1.79. The number of nitrogens with two attached hydrogens (primary N) is 1. The minimum Gasteiger partial charge on any atom is -0.406 e. The third-order valence-corrected chi connectivity index (χ3v) is 1.25. The molecule has 80 valence electrons. The van der Waals surface area contributed by atoms with Gasteiger partial charge in [0.05, 0.1) is 0 Å². The van der Waals surface area contributed by atoms with Crippen molar-refractivity contribution in [2.45, 2.75) is 13.3 Å². The number of halogens is 3. The Balaban J connectivity index is 0.000000791. The molecule has 0 saturated heterocycles. The van der Waals surface area contributed by atoms with E-state index < -0.39 is 6.36 Å². The molecule has 2 nitrogen and oxygen atoms in total. The average Bonchev–Trinajstić information content (AvgIpc) is 2.10. The van der Waals surface area contributed by atoms with Gasteiger partial charge in [0, 0.05) is 0 Å². The van der Waals surface area contributed by atoms with Crippen LogP contribution >= 0.6 is 0 Å². The number of benzene rings is 1. The Labute approximate surface area is 80.5 Å². The minimum absolute atomic E-state index is 0.187. The van der Waals surface area contributed by atoms with E-state index in [-0.39, 0.29) is 5.75 Å². The van der Waals surface area contributed by atoms with Gasteiger partial charge in [0.1, 0.15) is 5.75 Å². The number of aryl methyl sites for hydroxylation is 1. The SMILES string of the molecule is CN.Cc1ccc(OC(F)(F)F)cc1. The molecule has 14 heavy (non-hydrogen) atoms. The summed E-state index contributed by atoms with van der Waals surface area (Å²) in [7, 11) is 1.50. The molecule has 0 aromatic heterocycles. The summed E-state index contributed by atoms with van der Waals surface area (Å²) < 4.78 is 38.5. The Kier molecular flexibility index (Phi) is 5.01. The highest BCUT2D eigenvalue weighted by molar-refractivity contribution is 5.26. The standard InChI is InChI=1S/C8H7F3O.CH5N/c1-6-2-4-7(5-3-6)12-8(9,10)11;1-2/h2-5H,1H3;2H2,1H3. The van der Waals surface area contributed by atoms with Crippen molar-refractivity contribution in [2.75, 3.05) is 7.05 Å². The van der Waals surface area contributed by atoms with E-state index in [1.54, 1.807) is 19.1 Å². The fourth-order valence-corrected chi connectivity index (χ4v) is 0.740. The summed E-state index contributed by atoms with van der Waals surface area (Å²) in [5.41, 5.74) is 5.39. The van der Waals surface area contributed by atoms with Crippen molar-refractivity contribution in [3.63, 3.8) is 0 Å². The van der Waals surface area contributed by atoms with Gasteiger partial charge >= 0.3 is 6.36 Å². The van der Waals surface area contributed by atoms with Crippen LogP contribution in [0.4, 0.5) is 13.2 Å². The molecule has 1 rings (SSSR count). The predicted molar refractivity (Wildman–Crippen MR) is 48.0 cm³/mol. The summed E-state index contributed by atoms with van der Waals surface area (Å²) >= 11 is 0. The molecular formula is C9H12F3NO. The molecule has 0 saturated carbocycles. The van der Waals surface area contributed by atoms with Gasteiger partial charge in [-0.25, -0.2) is 0 Å². The lowest BCUT2D eigenvalue weighted by Gasteiger charge is -2.08. The quantitative estimate of drug-likeness (QED) is 0.767. The van der Waals surface area contributed by atoms with Crippen molar-refractivity contribution in [1.29, 1.82) is 0 Å². The van der Waals surface area contributed by atoms with Gasteiger partial charge < -0.3 is 10.5 Å². The molecule has 0 heterocycles. The summed E-state index contributed by atoms with van der Waals surface area (Å²) in [6.07, 6.45) is -4.60. The van der Waals surface area contributed by atoms with E-state index >= 15 is 0 Å². The summed E-state index contributed by atoms with van der Waals surface area (Å²) in [4.78, 5) is 0. The van der Waals surface area contributed by atoms with Crippen LogP contribution in [0.1, 0.15) is 5.56 Å². The van der Waals surface area contributed by atoms with Crippen LogP contribution in [0.5, 0.6) is 5.75 Å². The maximum Gasteiger partial charge on any atom is 0.573 e. The van der Waals surface area contributed by atoms with Gasteiger partial charge in [0.25, 0.3) is 0 Å². The first-order valence-electron chi connectivity index (χ1n) is 3.87. The zero-order valence-corrected chi connectivity index (χ0v) is 7.93. The van der Waals surface area contributed by atoms with Gasteiger partial charge in [0.2, 0.25) is 0 Å². The Morgan fingerprint density at radius 2 is 1.50 bits per heavy atom. The first-order chi connectivity index (χ1) is 6.47. The van der Waals surface area contributed by atoms with Crippen molar-refractivity contribution in [2.24, 2.45) is 5.73 Å². The maximum atomic E-state index is 11.6. The molecule has 0 aliphatic carbocycles. The van der Waals surface area contributed by atoms with Crippen LogP contribution in [0.25, 0.3) is 0 Å². The lowest BCUT2D eigenvalue weighted by molar-refractivity contribution is -0.274. The van der Waals surface area contributed by atoms with Gasteiger partial charge in [-0.05, 0) is 26.1 Å². The third-order valence-electron chi connectivity index (χ3n) is 1.25. The smallest absolute Gasteiger partial charge is 0.406 e. The monoisotopic (exact) mass is 207 g/mol. The molecule has 0 unspecified atom stereocenters. The van der Waals surface area contributed by atoms with Crippen LogP contribution < -0.4 is 10.5 Å². The van der Waals surface area contributed by atoms with E-state index in [9.17, 15) is 13.2 Å². The normalized spacial score (nSPS) is 10.1. The van der Waals surface area contributed by atoms with Gasteiger partial charge in [0.15, 0.2) is 0 Å². The van der Waals surface area contributed by atoms with Crippen LogP contribution in [0, 0.1) is 6.92 Å². The maximum absolute atomic E-state index is 11.6. The third kappa shape index (κ3) is 5.42. The second-order valence-electron chi connectivity index (χ2n) is 2.36.